The van der Waals surface area contributed by atoms with Gasteiger partial charge in [0.25, 0.3) is 11.8 Å². The average molecular weight is 794 g/mol. The second kappa shape index (κ2) is 20.1. The number of carbonyl (C=O) groups is 5. The van der Waals surface area contributed by atoms with E-state index in [1.165, 1.54) is 30.4 Å². The smallest absolute Gasteiger partial charge is 0.475 e. The Hall–Kier alpha value is -4.66. The number of hydrogen-bond donors (Lipinski definition) is 4. The van der Waals surface area contributed by atoms with E-state index in [9.17, 15) is 49.1 Å². The minimum absolute atomic E-state index is 0.00284. The number of nitrogens with zero attached hydrogens (tertiary/aromatic N) is 4. The molecule has 0 spiro atoms. The van der Waals surface area contributed by atoms with Crippen molar-refractivity contribution in [1.29, 1.82) is 0 Å². The molecule has 0 radical (unpaired) electrons. The van der Waals surface area contributed by atoms with Crippen LogP contribution in [-0.4, -0.2) is 97.5 Å². The summed E-state index contributed by atoms with van der Waals surface area (Å²) in [6, 6.07) is 4.16. The lowest BCUT2D eigenvalue weighted by Gasteiger charge is -2.22. The lowest BCUT2D eigenvalue weighted by Crippen LogP contribution is -2.36. The fourth-order valence-electron chi connectivity index (χ4n) is 5.81. The first-order valence-corrected chi connectivity index (χ1v) is 16.9. The van der Waals surface area contributed by atoms with Gasteiger partial charge in [0.1, 0.15) is 5.82 Å². The number of carbonyl (C=O) groups excluding carboxylic acids is 2. The molecular formula is C32H40F9N5O8. The Kier molecular flexibility index (Phi) is 17.0. The summed E-state index contributed by atoms with van der Waals surface area (Å²) in [7, 11) is 0. The standard InChI is InChI=1S/C26H37N5O2.3C2HF3O2/c32-25(27-20-13-7-4-8-14-20)23-21-15-16-22(30-17-9-1-2-10-18-30)28-24(21)31(29-23)26(33)19-11-5-3-6-12-19;3*3-2(4,5)1(6)7/h15-16,19-20H,1-14,17-18H2,(H,27,32);3*(H,6,7). The van der Waals surface area contributed by atoms with Gasteiger partial charge in [-0.25, -0.2) is 19.4 Å². The van der Waals surface area contributed by atoms with Gasteiger partial charge < -0.3 is 25.5 Å². The van der Waals surface area contributed by atoms with Crippen LogP contribution in [-0.2, 0) is 14.4 Å². The number of pyridine rings is 1. The second-order valence-corrected chi connectivity index (χ2v) is 12.6. The van der Waals surface area contributed by atoms with E-state index < -0.39 is 36.4 Å². The maximum absolute atomic E-state index is 13.5. The molecule has 304 valence electrons. The fraction of sp³-hybridized carbons (Fsp3) is 0.656. The van der Waals surface area contributed by atoms with Gasteiger partial charge in [-0.2, -0.15) is 49.3 Å². The Bertz CT molecular complexity index is 1520. The second-order valence-electron chi connectivity index (χ2n) is 12.6. The zero-order valence-corrected chi connectivity index (χ0v) is 28.7. The number of aromatic nitrogens is 3. The summed E-state index contributed by atoms with van der Waals surface area (Å²) in [6.45, 7) is 1.97. The first-order valence-electron chi connectivity index (χ1n) is 16.9. The molecule has 0 unspecified atom stereocenters. The monoisotopic (exact) mass is 793 g/mol. The van der Waals surface area contributed by atoms with Gasteiger partial charge in [-0.05, 0) is 50.7 Å². The summed E-state index contributed by atoms with van der Waals surface area (Å²) in [5, 5.41) is 29.9. The van der Waals surface area contributed by atoms with Crippen LogP contribution in [0.2, 0.25) is 0 Å². The third-order valence-corrected chi connectivity index (χ3v) is 8.49. The van der Waals surface area contributed by atoms with Crippen LogP contribution in [0.15, 0.2) is 12.1 Å². The summed E-state index contributed by atoms with van der Waals surface area (Å²) in [4.78, 5) is 60.7. The zero-order chi connectivity index (χ0) is 40.9. The van der Waals surface area contributed by atoms with Crippen molar-refractivity contribution in [2.75, 3.05) is 18.0 Å². The number of rotatable bonds is 4. The van der Waals surface area contributed by atoms with E-state index >= 15 is 0 Å². The van der Waals surface area contributed by atoms with Gasteiger partial charge in [-0.15, -0.1) is 0 Å². The molecule has 2 aromatic rings. The van der Waals surface area contributed by atoms with Gasteiger partial charge in [-0.3, -0.25) is 9.59 Å². The van der Waals surface area contributed by atoms with Crippen molar-refractivity contribution in [3.8, 4) is 0 Å². The predicted molar refractivity (Wildman–Crippen MR) is 171 cm³/mol. The molecule has 5 rings (SSSR count). The average Bonchev–Trinajstić information content (AvgIpc) is 3.26. The minimum atomic E-state index is -5.08. The van der Waals surface area contributed by atoms with Crippen molar-refractivity contribution in [2.45, 2.75) is 114 Å². The molecule has 0 bridgehead atoms. The van der Waals surface area contributed by atoms with Crippen LogP contribution in [0, 0.1) is 5.92 Å². The van der Waals surface area contributed by atoms with Crippen LogP contribution in [0.25, 0.3) is 11.0 Å². The molecule has 1 amide bonds. The summed E-state index contributed by atoms with van der Waals surface area (Å²) in [5.74, 6) is -7.59. The maximum atomic E-state index is 13.5. The van der Waals surface area contributed by atoms with Crippen LogP contribution < -0.4 is 10.2 Å². The van der Waals surface area contributed by atoms with Crippen molar-refractivity contribution in [3.63, 3.8) is 0 Å². The molecule has 22 heteroatoms. The number of fused-ring (bicyclic) bond motifs is 1. The molecule has 4 N–H and O–H groups in total. The molecule has 0 aromatic carbocycles. The fourth-order valence-corrected chi connectivity index (χ4v) is 5.81. The third-order valence-electron chi connectivity index (χ3n) is 8.49. The zero-order valence-electron chi connectivity index (χ0n) is 28.7. The van der Waals surface area contributed by atoms with Gasteiger partial charge in [0.15, 0.2) is 11.3 Å². The van der Waals surface area contributed by atoms with Crippen LogP contribution in [0.3, 0.4) is 0 Å². The van der Waals surface area contributed by atoms with Crippen LogP contribution >= 0.6 is 0 Å². The summed E-state index contributed by atoms with van der Waals surface area (Å²) >= 11 is 0. The van der Waals surface area contributed by atoms with E-state index in [0.29, 0.717) is 16.7 Å². The van der Waals surface area contributed by atoms with Gasteiger partial charge in [0, 0.05) is 25.0 Å². The van der Waals surface area contributed by atoms with Gasteiger partial charge in [0.05, 0.1) is 5.39 Å². The lowest BCUT2D eigenvalue weighted by atomic mass is 9.89. The van der Waals surface area contributed by atoms with E-state index in [-0.39, 0.29) is 23.8 Å². The van der Waals surface area contributed by atoms with E-state index in [0.717, 1.165) is 83.1 Å². The van der Waals surface area contributed by atoms with Gasteiger partial charge >= 0.3 is 36.4 Å². The van der Waals surface area contributed by atoms with Gasteiger partial charge in [0.2, 0.25) is 0 Å². The van der Waals surface area contributed by atoms with Crippen molar-refractivity contribution in [1.82, 2.24) is 20.1 Å². The third kappa shape index (κ3) is 14.6. The molecule has 2 aromatic heterocycles. The Morgan fingerprint density at radius 1 is 0.630 bits per heavy atom. The number of anilines is 1. The quantitative estimate of drug-likeness (QED) is 0.233. The highest BCUT2D eigenvalue weighted by atomic mass is 19.4. The van der Waals surface area contributed by atoms with Crippen LogP contribution in [0.5, 0.6) is 0 Å². The first kappa shape index (κ1) is 45.5. The summed E-state index contributed by atoms with van der Waals surface area (Å²) < 4.78 is 96.7. The number of aliphatic carboxylic acids is 3. The number of carboxylic acid groups (broad SMARTS) is 3. The number of halogens is 9. The molecular weight excluding hydrogens is 753 g/mol. The lowest BCUT2D eigenvalue weighted by molar-refractivity contribution is -0.193. The summed E-state index contributed by atoms with van der Waals surface area (Å²) in [5.41, 5.74) is 0.885. The Morgan fingerprint density at radius 2 is 1.04 bits per heavy atom. The highest BCUT2D eigenvalue weighted by Crippen LogP contribution is 2.29. The Morgan fingerprint density at radius 3 is 1.46 bits per heavy atom. The van der Waals surface area contributed by atoms with E-state index in [1.807, 2.05) is 12.1 Å². The van der Waals surface area contributed by atoms with Crippen molar-refractivity contribution >= 4 is 46.6 Å². The summed E-state index contributed by atoms with van der Waals surface area (Å²) in [6.07, 6.45) is 0.306. The van der Waals surface area contributed by atoms with Crippen LogP contribution in [0.1, 0.15) is 105 Å². The van der Waals surface area contributed by atoms with Crippen molar-refractivity contribution in [2.24, 2.45) is 5.92 Å². The molecule has 1 saturated heterocycles. The van der Waals surface area contributed by atoms with E-state index in [1.54, 1.807) is 0 Å². The number of amides is 1. The van der Waals surface area contributed by atoms with E-state index in [4.69, 9.17) is 34.7 Å². The molecule has 3 aliphatic rings. The number of hydrogen-bond acceptors (Lipinski definition) is 8. The highest BCUT2D eigenvalue weighted by molar-refractivity contribution is 6.06. The minimum Gasteiger partial charge on any atom is -0.475 e. The van der Waals surface area contributed by atoms with Crippen LogP contribution in [0.4, 0.5) is 45.3 Å². The molecule has 3 heterocycles. The van der Waals surface area contributed by atoms with E-state index in [2.05, 4.69) is 15.3 Å². The molecule has 13 nitrogen and oxygen atoms in total. The predicted octanol–water partition coefficient (Wildman–Crippen LogP) is 6.99. The number of alkyl halides is 9. The molecule has 2 saturated carbocycles. The van der Waals surface area contributed by atoms with Crippen molar-refractivity contribution in [3.05, 3.63) is 17.8 Å². The molecule has 2 aliphatic carbocycles. The van der Waals surface area contributed by atoms with Gasteiger partial charge in [-0.1, -0.05) is 51.4 Å². The SMILES string of the molecule is O=C(NC1CCCCC1)c1nn(C(=O)C2CCCCC2)c2nc(N3CCCCCC3)ccc12.O=C(O)C(F)(F)F.O=C(O)C(F)(F)F.O=C(O)C(F)(F)F. The topological polar surface area (TPSA) is 192 Å². The molecule has 1 aliphatic heterocycles. The Labute approximate surface area is 301 Å². The largest absolute Gasteiger partial charge is 0.490 e. The Balaban J connectivity index is 0.000000393. The highest BCUT2D eigenvalue weighted by Gasteiger charge is 2.39. The number of nitrogens with one attached hydrogen (secondary N) is 1. The molecule has 54 heavy (non-hydrogen) atoms. The maximum Gasteiger partial charge on any atom is 0.490 e. The number of carboxylic acids is 3. The molecule has 3 fully saturated rings. The van der Waals surface area contributed by atoms with Crippen molar-refractivity contribution < 1.29 is 78.8 Å². The first-order chi connectivity index (χ1) is 25.0. The molecule has 0 atom stereocenters. The normalized spacial score (nSPS) is 17.3.